The summed E-state index contributed by atoms with van der Waals surface area (Å²) in [5.74, 6) is 0.580. The lowest BCUT2D eigenvalue weighted by molar-refractivity contribution is 0.733. The summed E-state index contributed by atoms with van der Waals surface area (Å²) in [5, 5.41) is 0. The fraction of sp³-hybridized carbons (Fsp3) is 0.241. The SMILES string of the molecule is CCC(C)c1cc(C)cc(-c2cc(C3=CC=CCC3)cc(-c3ccccc3)c2)c1. The number of rotatable bonds is 5. The molecule has 0 radical (unpaired) electrons. The lowest BCUT2D eigenvalue weighted by atomic mass is 9.88. The van der Waals surface area contributed by atoms with Gasteiger partial charge in [-0.05, 0) is 89.3 Å². The Bertz CT molecular complexity index is 1050. The van der Waals surface area contributed by atoms with E-state index in [0.717, 1.165) is 19.3 Å². The summed E-state index contributed by atoms with van der Waals surface area (Å²) in [6, 6.07) is 24.9. The van der Waals surface area contributed by atoms with E-state index < -0.39 is 0 Å². The van der Waals surface area contributed by atoms with Crippen LogP contribution in [0.5, 0.6) is 0 Å². The highest BCUT2D eigenvalue weighted by Gasteiger charge is 2.12. The molecule has 3 aromatic carbocycles. The largest absolute Gasteiger partial charge is 0.0842 e. The third kappa shape index (κ3) is 4.43. The van der Waals surface area contributed by atoms with Gasteiger partial charge in [0, 0.05) is 0 Å². The van der Waals surface area contributed by atoms with Gasteiger partial charge in [-0.1, -0.05) is 86.2 Å². The Balaban J connectivity index is 1.88. The molecule has 29 heavy (non-hydrogen) atoms. The average Bonchev–Trinajstić information content (AvgIpc) is 2.79. The standard InChI is InChI=1S/C29H30/c1-4-22(3)25-15-21(2)16-26(17-25)29-19-27(23-11-7-5-8-12-23)18-28(20-29)24-13-9-6-10-14-24/h5-9,11-13,15-20,22H,4,10,14H2,1-3H3. The van der Waals surface area contributed by atoms with Gasteiger partial charge in [0.25, 0.3) is 0 Å². The second-order valence-corrected chi connectivity index (χ2v) is 8.27. The van der Waals surface area contributed by atoms with Crippen molar-refractivity contribution in [2.75, 3.05) is 0 Å². The Morgan fingerprint density at radius 3 is 2.17 bits per heavy atom. The van der Waals surface area contributed by atoms with E-state index in [4.69, 9.17) is 0 Å². The Labute approximate surface area is 175 Å². The number of hydrogen-bond acceptors (Lipinski definition) is 0. The molecule has 0 spiro atoms. The van der Waals surface area contributed by atoms with Crippen molar-refractivity contribution in [3.63, 3.8) is 0 Å². The first kappa shape index (κ1) is 19.5. The second kappa shape index (κ2) is 8.66. The van der Waals surface area contributed by atoms with Gasteiger partial charge in [-0.2, -0.15) is 0 Å². The molecule has 0 N–H and O–H groups in total. The highest BCUT2D eigenvalue weighted by atomic mass is 14.2. The van der Waals surface area contributed by atoms with Crippen LogP contribution in [-0.2, 0) is 0 Å². The van der Waals surface area contributed by atoms with Crippen LogP contribution in [0.25, 0.3) is 27.8 Å². The molecule has 0 aliphatic heterocycles. The zero-order valence-corrected chi connectivity index (χ0v) is 17.8. The summed E-state index contributed by atoms with van der Waals surface area (Å²) in [6.45, 7) is 6.80. The number of allylic oxidation sites excluding steroid dienone is 4. The van der Waals surface area contributed by atoms with E-state index in [9.17, 15) is 0 Å². The van der Waals surface area contributed by atoms with E-state index in [1.807, 2.05) is 0 Å². The van der Waals surface area contributed by atoms with Gasteiger partial charge < -0.3 is 0 Å². The molecule has 0 bridgehead atoms. The van der Waals surface area contributed by atoms with Gasteiger partial charge in [0.2, 0.25) is 0 Å². The van der Waals surface area contributed by atoms with Crippen molar-refractivity contribution < 1.29 is 0 Å². The summed E-state index contributed by atoms with van der Waals surface area (Å²) in [6.07, 6.45) is 10.1. The van der Waals surface area contributed by atoms with Gasteiger partial charge in [-0.3, -0.25) is 0 Å². The van der Waals surface area contributed by atoms with E-state index >= 15 is 0 Å². The molecule has 1 aliphatic carbocycles. The van der Waals surface area contributed by atoms with Crippen LogP contribution < -0.4 is 0 Å². The van der Waals surface area contributed by atoms with Crippen molar-refractivity contribution in [2.24, 2.45) is 0 Å². The predicted octanol–water partition coefficient (Wildman–Crippen LogP) is 8.58. The number of aryl methyl sites for hydroxylation is 1. The van der Waals surface area contributed by atoms with E-state index in [1.54, 1.807) is 0 Å². The van der Waals surface area contributed by atoms with Crippen LogP contribution in [-0.4, -0.2) is 0 Å². The molecule has 0 heteroatoms. The first-order chi connectivity index (χ1) is 14.1. The van der Waals surface area contributed by atoms with Gasteiger partial charge in [0.15, 0.2) is 0 Å². The molecular formula is C29H30. The van der Waals surface area contributed by atoms with Gasteiger partial charge in [0.05, 0.1) is 0 Å². The second-order valence-electron chi connectivity index (χ2n) is 8.27. The van der Waals surface area contributed by atoms with Crippen molar-refractivity contribution >= 4 is 5.57 Å². The van der Waals surface area contributed by atoms with Crippen molar-refractivity contribution in [3.05, 3.63) is 102 Å². The third-order valence-corrected chi connectivity index (χ3v) is 6.04. The molecule has 1 aliphatic rings. The van der Waals surface area contributed by atoms with Crippen molar-refractivity contribution in [2.45, 2.75) is 46.0 Å². The van der Waals surface area contributed by atoms with Crippen LogP contribution in [0, 0.1) is 6.92 Å². The zero-order valence-electron chi connectivity index (χ0n) is 17.8. The Morgan fingerprint density at radius 2 is 1.48 bits per heavy atom. The lowest BCUT2D eigenvalue weighted by Crippen LogP contribution is -1.95. The highest BCUT2D eigenvalue weighted by molar-refractivity contribution is 5.81. The van der Waals surface area contributed by atoms with Crippen molar-refractivity contribution in [3.8, 4) is 22.3 Å². The minimum atomic E-state index is 0.580. The first-order valence-electron chi connectivity index (χ1n) is 10.8. The molecule has 0 fully saturated rings. The molecular weight excluding hydrogens is 348 g/mol. The van der Waals surface area contributed by atoms with Gasteiger partial charge in [-0.25, -0.2) is 0 Å². The third-order valence-electron chi connectivity index (χ3n) is 6.04. The maximum Gasteiger partial charge on any atom is -0.0172 e. The monoisotopic (exact) mass is 378 g/mol. The smallest absolute Gasteiger partial charge is 0.0172 e. The van der Waals surface area contributed by atoms with Gasteiger partial charge >= 0.3 is 0 Å². The molecule has 0 aromatic heterocycles. The summed E-state index contributed by atoms with van der Waals surface area (Å²) < 4.78 is 0. The maximum atomic E-state index is 2.39. The average molecular weight is 379 g/mol. The van der Waals surface area contributed by atoms with E-state index in [1.165, 1.54) is 44.5 Å². The number of hydrogen-bond donors (Lipinski definition) is 0. The maximum absolute atomic E-state index is 2.39. The Kier molecular flexibility index (Phi) is 5.81. The Morgan fingerprint density at radius 1 is 0.793 bits per heavy atom. The quantitative estimate of drug-likeness (QED) is 0.417. The number of benzene rings is 3. The van der Waals surface area contributed by atoms with E-state index in [0.29, 0.717) is 5.92 Å². The van der Waals surface area contributed by atoms with Crippen molar-refractivity contribution in [1.29, 1.82) is 0 Å². The summed E-state index contributed by atoms with van der Waals surface area (Å²) in [5.41, 5.74) is 10.8. The Hall–Kier alpha value is -2.86. The van der Waals surface area contributed by atoms with Crippen LogP contribution in [0.15, 0.2) is 85.0 Å². The molecule has 0 saturated carbocycles. The molecule has 0 saturated heterocycles. The van der Waals surface area contributed by atoms with Crippen molar-refractivity contribution in [1.82, 2.24) is 0 Å². The molecule has 0 amide bonds. The van der Waals surface area contributed by atoms with Gasteiger partial charge in [0.1, 0.15) is 0 Å². The summed E-state index contributed by atoms with van der Waals surface area (Å²) in [4.78, 5) is 0. The van der Waals surface area contributed by atoms with E-state index in [2.05, 4.69) is 106 Å². The topological polar surface area (TPSA) is 0 Å². The summed E-state index contributed by atoms with van der Waals surface area (Å²) in [7, 11) is 0. The summed E-state index contributed by atoms with van der Waals surface area (Å²) >= 11 is 0. The lowest BCUT2D eigenvalue weighted by Gasteiger charge is -2.16. The molecule has 3 aromatic rings. The molecule has 4 rings (SSSR count). The normalized spacial score (nSPS) is 14.5. The fourth-order valence-corrected chi connectivity index (χ4v) is 4.12. The van der Waals surface area contributed by atoms with Gasteiger partial charge in [-0.15, -0.1) is 0 Å². The van der Waals surface area contributed by atoms with Crippen LogP contribution in [0.3, 0.4) is 0 Å². The molecule has 1 atom stereocenters. The molecule has 0 heterocycles. The molecule has 1 unspecified atom stereocenters. The molecule has 0 nitrogen and oxygen atoms in total. The molecule has 146 valence electrons. The minimum absolute atomic E-state index is 0.580. The van der Waals surface area contributed by atoms with Crippen LogP contribution in [0.4, 0.5) is 0 Å². The van der Waals surface area contributed by atoms with E-state index in [-0.39, 0.29) is 0 Å². The fourth-order valence-electron chi connectivity index (χ4n) is 4.12. The highest BCUT2D eigenvalue weighted by Crippen LogP contribution is 2.35. The van der Waals surface area contributed by atoms with Crippen LogP contribution in [0.1, 0.15) is 55.7 Å². The predicted molar refractivity (Wildman–Crippen MR) is 127 cm³/mol. The van der Waals surface area contributed by atoms with Crippen LogP contribution >= 0.6 is 0 Å². The van der Waals surface area contributed by atoms with Crippen LogP contribution in [0.2, 0.25) is 0 Å². The first-order valence-corrected chi connectivity index (χ1v) is 10.8. The minimum Gasteiger partial charge on any atom is -0.0842 e. The zero-order chi connectivity index (χ0) is 20.2.